The molecule has 1 rings (SSSR count). The molecule has 0 unspecified atom stereocenters. The second kappa shape index (κ2) is 6.68. The highest BCUT2D eigenvalue weighted by Gasteiger charge is 2.27. The number of nitriles is 1. The summed E-state index contributed by atoms with van der Waals surface area (Å²) in [7, 11) is 0. The van der Waals surface area contributed by atoms with Crippen LogP contribution in [-0.4, -0.2) is 5.11 Å². The first-order valence-electron chi connectivity index (χ1n) is 6.99. The highest BCUT2D eigenvalue weighted by atomic mass is 35.5. The summed E-state index contributed by atoms with van der Waals surface area (Å²) in [6.07, 6.45) is 0.276. The largest absolute Gasteiger partial charge is 0.507 e. The molecule has 0 heterocycles. The van der Waals surface area contributed by atoms with Gasteiger partial charge in [0.05, 0.1) is 12.5 Å². The fourth-order valence-corrected chi connectivity index (χ4v) is 2.23. The minimum absolute atomic E-state index is 0. The lowest BCUT2D eigenvalue weighted by atomic mass is 9.77. The van der Waals surface area contributed by atoms with E-state index in [4.69, 9.17) is 11.0 Å². The molecule has 3 N–H and O–H groups in total. The Balaban J connectivity index is 0.00000400. The molecule has 0 aliphatic rings. The zero-order valence-corrected chi connectivity index (χ0v) is 14.6. The van der Waals surface area contributed by atoms with Crippen LogP contribution in [0.15, 0.2) is 12.1 Å². The van der Waals surface area contributed by atoms with E-state index in [9.17, 15) is 5.11 Å². The molecule has 1 atom stereocenters. The van der Waals surface area contributed by atoms with Gasteiger partial charge in [0.1, 0.15) is 5.75 Å². The third-order valence-electron chi connectivity index (χ3n) is 3.49. The maximum Gasteiger partial charge on any atom is 0.123 e. The van der Waals surface area contributed by atoms with Gasteiger partial charge in [-0.05, 0) is 39.7 Å². The summed E-state index contributed by atoms with van der Waals surface area (Å²) in [6.45, 7) is 12.4. The highest BCUT2D eigenvalue weighted by Crippen LogP contribution is 2.40. The average molecular weight is 311 g/mol. The normalized spacial score (nSPS) is 13.2. The molecule has 0 aliphatic carbocycles. The van der Waals surface area contributed by atoms with Crippen LogP contribution in [0.25, 0.3) is 0 Å². The van der Waals surface area contributed by atoms with Crippen molar-refractivity contribution in [1.82, 2.24) is 0 Å². The van der Waals surface area contributed by atoms with Gasteiger partial charge in [-0.1, -0.05) is 41.5 Å². The van der Waals surface area contributed by atoms with E-state index in [0.29, 0.717) is 5.75 Å². The van der Waals surface area contributed by atoms with Crippen LogP contribution in [0.2, 0.25) is 0 Å². The Hall–Kier alpha value is -1.24. The molecule has 0 bridgehead atoms. The predicted molar refractivity (Wildman–Crippen MR) is 89.9 cm³/mol. The molecule has 1 aromatic rings. The molecule has 0 radical (unpaired) electrons. The van der Waals surface area contributed by atoms with Crippen LogP contribution >= 0.6 is 12.4 Å². The van der Waals surface area contributed by atoms with Gasteiger partial charge in [0.2, 0.25) is 0 Å². The molecule has 0 fully saturated rings. The molecule has 0 aliphatic heterocycles. The number of halogens is 1. The van der Waals surface area contributed by atoms with Crippen molar-refractivity contribution in [2.75, 3.05) is 0 Å². The summed E-state index contributed by atoms with van der Waals surface area (Å²) in [5.41, 5.74) is 8.41. The molecular formula is C17H27ClN2O. The van der Waals surface area contributed by atoms with Gasteiger partial charge < -0.3 is 10.8 Å². The van der Waals surface area contributed by atoms with Gasteiger partial charge in [-0.2, -0.15) is 5.26 Å². The van der Waals surface area contributed by atoms with Crippen molar-refractivity contribution in [3.8, 4) is 11.8 Å². The van der Waals surface area contributed by atoms with E-state index in [1.807, 2.05) is 12.1 Å². The minimum Gasteiger partial charge on any atom is -0.507 e. The lowest BCUT2D eigenvalue weighted by Crippen LogP contribution is -2.20. The van der Waals surface area contributed by atoms with Gasteiger partial charge in [-0.3, -0.25) is 0 Å². The summed E-state index contributed by atoms with van der Waals surface area (Å²) >= 11 is 0. The number of hydrogen-bond donors (Lipinski definition) is 2. The topological polar surface area (TPSA) is 70.0 Å². The molecule has 4 heteroatoms. The van der Waals surface area contributed by atoms with Crippen LogP contribution in [-0.2, 0) is 10.8 Å². The standard InChI is InChI=1S/C17H26N2O.ClH/c1-16(2,3)12-9-11(14(19)7-8-18)10-13(15(12)20)17(4,5)6;/h9-10,14,20H,7,19H2,1-6H3;1H/t14-;/m0./s1. The van der Waals surface area contributed by atoms with Crippen LogP contribution in [0.3, 0.4) is 0 Å². The van der Waals surface area contributed by atoms with Gasteiger partial charge in [-0.25, -0.2) is 0 Å². The Kier molecular flexibility index (Phi) is 6.29. The van der Waals surface area contributed by atoms with Crippen molar-refractivity contribution in [1.29, 1.82) is 5.26 Å². The first kappa shape index (κ1) is 19.8. The maximum atomic E-state index is 10.6. The van der Waals surface area contributed by atoms with Crippen molar-refractivity contribution in [2.45, 2.75) is 64.8 Å². The summed E-state index contributed by atoms with van der Waals surface area (Å²) in [5.74, 6) is 0.345. The maximum absolute atomic E-state index is 10.6. The zero-order chi connectivity index (χ0) is 15.7. The number of aromatic hydroxyl groups is 1. The summed E-state index contributed by atoms with van der Waals surface area (Å²) < 4.78 is 0. The Labute approximate surface area is 134 Å². The quantitative estimate of drug-likeness (QED) is 0.854. The third-order valence-corrected chi connectivity index (χ3v) is 3.49. The second-order valence-electron chi connectivity index (χ2n) is 7.43. The number of nitrogens with zero attached hydrogens (tertiary/aromatic N) is 1. The van der Waals surface area contributed by atoms with Gasteiger partial charge >= 0.3 is 0 Å². The van der Waals surface area contributed by atoms with E-state index in [2.05, 4.69) is 47.6 Å². The Morgan fingerprint density at radius 1 is 1.10 bits per heavy atom. The Morgan fingerprint density at radius 3 is 1.76 bits per heavy atom. The van der Waals surface area contributed by atoms with Crippen LogP contribution in [0.4, 0.5) is 0 Å². The minimum atomic E-state index is -0.317. The van der Waals surface area contributed by atoms with Crippen LogP contribution < -0.4 is 5.73 Å². The summed E-state index contributed by atoms with van der Waals surface area (Å²) in [6, 6.07) is 5.67. The van der Waals surface area contributed by atoms with Gasteiger partial charge in [0.15, 0.2) is 0 Å². The molecule has 0 saturated heterocycles. The van der Waals surface area contributed by atoms with Crippen LogP contribution in [0.5, 0.6) is 5.75 Å². The summed E-state index contributed by atoms with van der Waals surface area (Å²) in [5, 5.41) is 19.4. The smallest absolute Gasteiger partial charge is 0.123 e. The van der Waals surface area contributed by atoms with E-state index in [1.165, 1.54) is 0 Å². The number of phenols is 1. The third kappa shape index (κ3) is 4.62. The van der Waals surface area contributed by atoms with Crippen LogP contribution in [0.1, 0.15) is 70.7 Å². The lowest BCUT2D eigenvalue weighted by molar-refractivity contribution is 0.422. The predicted octanol–water partition coefficient (Wildman–Crippen LogP) is 4.32. The Morgan fingerprint density at radius 2 is 1.48 bits per heavy atom. The fourth-order valence-electron chi connectivity index (χ4n) is 2.23. The first-order chi connectivity index (χ1) is 8.98. The van der Waals surface area contributed by atoms with Crippen molar-refractivity contribution in [2.24, 2.45) is 5.73 Å². The number of hydrogen-bond acceptors (Lipinski definition) is 3. The fraction of sp³-hybridized carbons (Fsp3) is 0.588. The molecule has 118 valence electrons. The monoisotopic (exact) mass is 310 g/mol. The van der Waals surface area contributed by atoms with E-state index in [-0.39, 0.29) is 35.7 Å². The Bertz CT molecular complexity index is 498. The van der Waals surface area contributed by atoms with E-state index in [0.717, 1.165) is 16.7 Å². The molecule has 0 amide bonds. The second-order valence-corrected chi connectivity index (χ2v) is 7.43. The van der Waals surface area contributed by atoms with Gasteiger partial charge in [0, 0.05) is 6.04 Å². The van der Waals surface area contributed by atoms with Crippen molar-refractivity contribution >= 4 is 12.4 Å². The molecule has 0 aromatic heterocycles. The number of rotatable bonds is 2. The number of benzene rings is 1. The van der Waals surface area contributed by atoms with Crippen LogP contribution in [0, 0.1) is 11.3 Å². The van der Waals surface area contributed by atoms with E-state index < -0.39 is 0 Å². The van der Waals surface area contributed by atoms with E-state index in [1.54, 1.807) is 0 Å². The highest BCUT2D eigenvalue weighted by molar-refractivity contribution is 5.85. The van der Waals surface area contributed by atoms with Crippen molar-refractivity contribution < 1.29 is 5.11 Å². The SMILES string of the molecule is CC(C)(C)c1cc([C@@H](N)CC#N)cc(C(C)(C)C)c1O.Cl. The van der Waals surface area contributed by atoms with Gasteiger partial charge in [-0.15, -0.1) is 12.4 Å². The van der Waals surface area contributed by atoms with Crippen molar-refractivity contribution in [3.63, 3.8) is 0 Å². The average Bonchev–Trinajstić information content (AvgIpc) is 2.26. The number of phenolic OH excluding ortho intramolecular Hbond substituents is 1. The molecule has 21 heavy (non-hydrogen) atoms. The molecule has 3 nitrogen and oxygen atoms in total. The lowest BCUT2D eigenvalue weighted by Gasteiger charge is -2.29. The molecule has 0 spiro atoms. The number of nitrogens with two attached hydrogens (primary N) is 1. The first-order valence-corrected chi connectivity index (χ1v) is 6.99. The molecular weight excluding hydrogens is 284 g/mol. The van der Waals surface area contributed by atoms with Crippen molar-refractivity contribution in [3.05, 3.63) is 28.8 Å². The summed E-state index contributed by atoms with van der Waals surface area (Å²) in [4.78, 5) is 0. The zero-order valence-electron chi connectivity index (χ0n) is 13.8. The molecule has 0 saturated carbocycles. The molecule has 1 aromatic carbocycles. The van der Waals surface area contributed by atoms with E-state index >= 15 is 0 Å². The van der Waals surface area contributed by atoms with Gasteiger partial charge in [0.25, 0.3) is 0 Å².